The monoisotopic (exact) mass is 174 g/mol. The Balaban J connectivity index is 0. The molecule has 0 heterocycles. The van der Waals surface area contributed by atoms with E-state index in [9.17, 15) is 0 Å². The summed E-state index contributed by atoms with van der Waals surface area (Å²) in [5.41, 5.74) is 2.25. The first-order valence-electron chi connectivity index (χ1n) is 0.789. The van der Waals surface area contributed by atoms with Gasteiger partial charge in [0.1, 0.15) is 0 Å². The number of rotatable bonds is 0. The molecule has 3 heteroatoms. The fourth-order valence-electron chi connectivity index (χ4n) is 0. The molecule has 4 heavy (non-hydrogen) atoms. The third kappa shape index (κ3) is 17.1. The van der Waals surface area contributed by atoms with E-state index in [0.29, 0.717) is 0 Å². The lowest BCUT2D eigenvalue weighted by Crippen LogP contribution is -2.13. The maximum atomic E-state index is 4.60. The smallest absolute Gasteiger partial charge is 0.00172 e. The average molecular weight is 174 g/mol. The van der Waals surface area contributed by atoms with Crippen LogP contribution in [0.25, 0.3) is 0 Å². The van der Waals surface area contributed by atoms with Crippen molar-refractivity contribution in [3.8, 4) is 0 Å². The van der Waals surface area contributed by atoms with Crippen LogP contribution in [0.2, 0.25) is 0 Å². The minimum absolute atomic E-state index is 0. The molecule has 0 aromatic rings. The largest absolute Gasteiger partial charge is 0.272 e. The normalized spacial score (nSPS) is 4.50. The number of nitrogens with one attached hydrogen (secondary N) is 1. The highest BCUT2D eigenvalue weighted by Gasteiger charge is 1.22. The zero-order valence-corrected chi connectivity index (χ0v) is 4.82. The molecule has 0 saturated carbocycles. The second kappa shape index (κ2) is 9.41. The Morgan fingerprint density at radius 3 is 1.75 bits per heavy atom. The van der Waals surface area contributed by atoms with E-state index in [-0.39, 0.29) is 24.0 Å². The molecule has 0 saturated heterocycles. The molecule has 0 aromatic carbocycles. The van der Waals surface area contributed by atoms with Gasteiger partial charge in [0.15, 0.2) is 0 Å². The van der Waals surface area contributed by atoms with Crippen molar-refractivity contribution >= 4 is 24.0 Å². The summed E-state index contributed by atoms with van der Waals surface area (Å²) in [7, 11) is 1.65. The molecule has 0 aliphatic heterocycles. The minimum Gasteiger partial charge on any atom is -0.272 e. The van der Waals surface area contributed by atoms with E-state index in [1.54, 1.807) is 7.05 Å². The number of hydrogen-bond acceptors (Lipinski definition) is 2. The van der Waals surface area contributed by atoms with Crippen molar-refractivity contribution in [3.63, 3.8) is 0 Å². The predicted molar refractivity (Wildman–Crippen MR) is 28.7 cm³/mol. The maximum absolute atomic E-state index is 4.60. The minimum atomic E-state index is 0. The van der Waals surface area contributed by atoms with Crippen LogP contribution in [-0.4, -0.2) is 7.05 Å². The third-order valence-corrected chi connectivity index (χ3v) is 0. The summed E-state index contributed by atoms with van der Waals surface area (Å²) in [5.74, 6) is 4.60. The molecule has 0 aliphatic rings. The van der Waals surface area contributed by atoms with Crippen LogP contribution < -0.4 is 11.3 Å². The second-order valence-electron chi connectivity index (χ2n) is 0.289. The average Bonchev–Trinajstić information content (AvgIpc) is 0.918. The first-order chi connectivity index (χ1) is 1.41. The van der Waals surface area contributed by atoms with Crippen LogP contribution in [-0.2, 0) is 0 Å². The lowest BCUT2D eigenvalue weighted by atomic mass is 11.5. The molecule has 0 radical (unpaired) electrons. The van der Waals surface area contributed by atoms with Crippen molar-refractivity contribution < 1.29 is 0 Å². The van der Waals surface area contributed by atoms with Crippen LogP contribution in [0.4, 0.5) is 0 Å². The van der Waals surface area contributed by atoms with Crippen molar-refractivity contribution in [1.29, 1.82) is 0 Å². The Hall–Kier alpha value is 0.650. The summed E-state index contributed by atoms with van der Waals surface area (Å²) in [4.78, 5) is 0. The predicted octanol–water partition coefficient (Wildman–Crippen LogP) is -0.302. The fourth-order valence-corrected chi connectivity index (χ4v) is 0. The van der Waals surface area contributed by atoms with Crippen molar-refractivity contribution in [3.05, 3.63) is 0 Å². The Morgan fingerprint density at radius 1 is 1.75 bits per heavy atom. The van der Waals surface area contributed by atoms with Crippen LogP contribution in [0.3, 0.4) is 0 Å². The number of hydrogen-bond donors (Lipinski definition) is 2. The highest BCUT2D eigenvalue weighted by molar-refractivity contribution is 14.0. The van der Waals surface area contributed by atoms with E-state index in [1.165, 1.54) is 0 Å². The second-order valence-corrected chi connectivity index (χ2v) is 0.289. The lowest BCUT2D eigenvalue weighted by molar-refractivity contribution is 0.900. The first-order valence-corrected chi connectivity index (χ1v) is 0.789. The van der Waals surface area contributed by atoms with E-state index in [0.717, 1.165) is 0 Å². The Bertz CT molecular complexity index is 6.00. The van der Waals surface area contributed by atoms with Crippen molar-refractivity contribution in [2.24, 2.45) is 5.84 Å². The van der Waals surface area contributed by atoms with Gasteiger partial charge in [0, 0.05) is 0 Å². The Morgan fingerprint density at radius 2 is 1.75 bits per heavy atom. The third-order valence-electron chi connectivity index (χ3n) is 0. The maximum Gasteiger partial charge on any atom is -0.00172 e. The summed E-state index contributed by atoms with van der Waals surface area (Å²) < 4.78 is 0. The molecule has 0 fully saturated rings. The summed E-state index contributed by atoms with van der Waals surface area (Å²) in [6, 6.07) is 0. The SMILES string of the molecule is CNN.I. The van der Waals surface area contributed by atoms with Gasteiger partial charge >= 0.3 is 0 Å². The van der Waals surface area contributed by atoms with Gasteiger partial charge in [-0.25, -0.2) is 0 Å². The van der Waals surface area contributed by atoms with Gasteiger partial charge in [0.05, 0.1) is 0 Å². The molecule has 0 amide bonds. The van der Waals surface area contributed by atoms with E-state index in [2.05, 4.69) is 11.3 Å². The molecule has 0 bridgehead atoms. The molecule has 0 aliphatic carbocycles. The van der Waals surface area contributed by atoms with E-state index in [4.69, 9.17) is 0 Å². The molecule has 2 nitrogen and oxygen atoms in total. The summed E-state index contributed by atoms with van der Waals surface area (Å²) in [5, 5.41) is 0. The van der Waals surface area contributed by atoms with E-state index in [1.807, 2.05) is 0 Å². The highest BCUT2D eigenvalue weighted by Crippen LogP contribution is 0.886. The molecule has 3 N–H and O–H groups in total. The number of hydrazine groups is 1. The molecular weight excluding hydrogens is 167 g/mol. The van der Waals surface area contributed by atoms with Gasteiger partial charge in [-0.2, -0.15) is 0 Å². The fraction of sp³-hybridized carbons (Fsp3) is 1.00. The lowest BCUT2D eigenvalue weighted by Gasteiger charge is -1.62. The van der Waals surface area contributed by atoms with Crippen LogP contribution in [0.1, 0.15) is 0 Å². The van der Waals surface area contributed by atoms with Crippen LogP contribution in [0.15, 0.2) is 0 Å². The molecule has 0 unspecified atom stereocenters. The van der Waals surface area contributed by atoms with Gasteiger partial charge in [-0.1, -0.05) is 0 Å². The zero-order valence-electron chi connectivity index (χ0n) is 2.49. The van der Waals surface area contributed by atoms with Gasteiger partial charge in [-0.05, 0) is 7.05 Å². The quantitative estimate of drug-likeness (QED) is 0.300. The van der Waals surface area contributed by atoms with Gasteiger partial charge in [0.25, 0.3) is 0 Å². The standard InChI is InChI=1S/CH6N2.HI/c1-3-2;/h3H,2H2,1H3;1H. The Kier molecular flexibility index (Phi) is 20.8. The molecule has 0 aromatic heterocycles. The molecular formula is CH7IN2. The summed E-state index contributed by atoms with van der Waals surface area (Å²) >= 11 is 0. The number of nitrogens with two attached hydrogens (primary N) is 1. The molecule has 0 atom stereocenters. The highest BCUT2D eigenvalue weighted by atomic mass is 127. The Labute approximate surface area is 42.7 Å². The zero-order chi connectivity index (χ0) is 2.71. The number of halogens is 1. The van der Waals surface area contributed by atoms with Crippen molar-refractivity contribution in [1.82, 2.24) is 5.43 Å². The summed E-state index contributed by atoms with van der Waals surface area (Å²) in [6.07, 6.45) is 0. The topological polar surface area (TPSA) is 38.0 Å². The van der Waals surface area contributed by atoms with Crippen LogP contribution in [0.5, 0.6) is 0 Å². The van der Waals surface area contributed by atoms with Gasteiger partial charge in [0.2, 0.25) is 0 Å². The van der Waals surface area contributed by atoms with Crippen LogP contribution >= 0.6 is 24.0 Å². The van der Waals surface area contributed by atoms with Crippen molar-refractivity contribution in [2.45, 2.75) is 0 Å². The molecule has 0 rings (SSSR count). The first kappa shape index (κ1) is 8.82. The van der Waals surface area contributed by atoms with Crippen molar-refractivity contribution in [2.75, 3.05) is 7.05 Å². The summed E-state index contributed by atoms with van der Waals surface area (Å²) in [6.45, 7) is 0. The van der Waals surface area contributed by atoms with E-state index >= 15 is 0 Å². The van der Waals surface area contributed by atoms with Gasteiger partial charge < -0.3 is 0 Å². The van der Waals surface area contributed by atoms with Crippen LogP contribution in [0, 0.1) is 0 Å². The molecule has 28 valence electrons. The van der Waals surface area contributed by atoms with E-state index < -0.39 is 0 Å². The molecule has 0 spiro atoms. The van der Waals surface area contributed by atoms with Gasteiger partial charge in [-0.3, -0.25) is 11.3 Å². The van der Waals surface area contributed by atoms with Gasteiger partial charge in [-0.15, -0.1) is 24.0 Å².